The summed E-state index contributed by atoms with van der Waals surface area (Å²) in [4.78, 5) is 39.4. The Morgan fingerprint density at radius 2 is 1.55 bits per heavy atom. The number of nitrogens with zero attached hydrogens (tertiary/aromatic N) is 1. The molecule has 1 aliphatic heterocycles. The van der Waals surface area contributed by atoms with Crippen molar-refractivity contribution < 1.29 is 19.1 Å². The lowest BCUT2D eigenvalue weighted by atomic mass is 9.85. The highest BCUT2D eigenvalue weighted by molar-refractivity contribution is 6.10. The van der Waals surface area contributed by atoms with Crippen molar-refractivity contribution in [1.29, 1.82) is 0 Å². The quantitative estimate of drug-likeness (QED) is 0.623. The summed E-state index contributed by atoms with van der Waals surface area (Å²) in [7, 11) is 0. The van der Waals surface area contributed by atoms with E-state index in [1.54, 1.807) is 25.1 Å². The van der Waals surface area contributed by atoms with Crippen molar-refractivity contribution in [2.75, 3.05) is 5.32 Å². The molecule has 0 bridgehead atoms. The summed E-state index contributed by atoms with van der Waals surface area (Å²) in [6.07, 6.45) is 4.96. The van der Waals surface area contributed by atoms with E-state index >= 15 is 0 Å². The smallest absolute Gasteiger partial charge is 0.247 e. The summed E-state index contributed by atoms with van der Waals surface area (Å²) >= 11 is 0. The van der Waals surface area contributed by atoms with Gasteiger partial charge in [0.1, 0.15) is 11.8 Å². The molecule has 2 aromatic rings. The van der Waals surface area contributed by atoms with Crippen LogP contribution in [0, 0.1) is 11.8 Å². The molecular weight excluding hydrogens is 368 g/mol. The Bertz CT molecular complexity index is 944. The van der Waals surface area contributed by atoms with E-state index in [9.17, 15) is 14.4 Å². The zero-order valence-electron chi connectivity index (χ0n) is 16.1. The van der Waals surface area contributed by atoms with E-state index in [4.69, 9.17) is 4.74 Å². The Labute approximate surface area is 169 Å². The summed E-state index contributed by atoms with van der Waals surface area (Å²) in [5, 5.41) is 2.80. The van der Waals surface area contributed by atoms with E-state index in [2.05, 4.69) is 5.32 Å². The number of ether oxygens (including phenoxy) is 1. The average molecular weight is 390 g/mol. The van der Waals surface area contributed by atoms with Crippen LogP contribution in [-0.2, 0) is 14.4 Å². The minimum absolute atomic E-state index is 0.263. The number of hydrogen-bond acceptors (Lipinski definition) is 4. The van der Waals surface area contributed by atoms with E-state index in [-0.39, 0.29) is 23.7 Å². The van der Waals surface area contributed by atoms with Crippen molar-refractivity contribution in [1.82, 2.24) is 4.90 Å². The minimum atomic E-state index is -0.898. The molecule has 1 saturated heterocycles. The molecule has 29 heavy (non-hydrogen) atoms. The molecule has 6 heteroatoms. The van der Waals surface area contributed by atoms with Crippen LogP contribution in [0.2, 0.25) is 0 Å². The van der Waals surface area contributed by atoms with E-state index in [0.29, 0.717) is 30.0 Å². The number of carbonyl (C=O) groups is 3. The van der Waals surface area contributed by atoms with E-state index in [0.717, 1.165) is 4.90 Å². The number of hydrogen-bond donors (Lipinski definition) is 1. The lowest BCUT2D eigenvalue weighted by Crippen LogP contribution is -2.46. The summed E-state index contributed by atoms with van der Waals surface area (Å²) in [5.41, 5.74) is 0.478. The molecule has 1 aliphatic carbocycles. The van der Waals surface area contributed by atoms with Crippen molar-refractivity contribution in [3.05, 3.63) is 66.7 Å². The zero-order chi connectivity index (χ0) is 20.4. The van der Waals surface area contributed by atoms with Crippen LogP contribution in [0.25, 0.3) is 0 Å². The first-order chi connectivity index (χ1) is 14.1. The lowest BCUT2D eigenvalue weighted by molar-refractivity contribution is -0.146. The van der Waals surface area contributed by atoms with Gasteiger partial charge in [0, 0.05) is 0 Å². The molecule has 2 aliphatic rings. The van der Waals surface area contributed by atoms with Gasteiger partial charge in [0.25, 0.3) is 0 Å². The number of fused-ring (bicyclic) bond motifs is 1. The number of imide groups is 1. The number of amides is 3. The lowest BCUT2D eigenvalue weighted by Gasteiger charge is -2.23. The first-order valence-electron chi connectivity index (χ1n) is 9.71. The molecule has 0 unspecified atom stereocenters. The second kappa shape index (κ2) is 7.91. The van der Waals surface area contributed by atoms with Crippen LogP contribution in [0.1, 0.15) is 19.8 Å². The van der Waals surface area contributed by atoms with Crippen LogP contribution in [0.4, 0.5) is 5.69 Å². The van der Waals surface area contributed by atoms with E-state index < -0.39 is 11.9 Å². The van der Waals surface area contributed by atoms with Crippen molar-refractivity contribution in [2.45, 2.75) is 25.8 Å². The molecule has 6 nitrogen and oxygen atoms in total. The Balaban J connectivity index is 1.50. The highest BCUT2D eigenvalue weighted by Gasteiger charge is 2.50. The third kappa shape index (κ3) is 3.66. The third-order valence-electron chi connectivity index (χ3n) is 5.42. The van der Waals surface area contributed by atoms with Crippen molar-refractivity contribution in [3.63, 3.8) is 0 Å². The molecule has 0 aromatic heterocycles. The van der Waals surface area contributed by atoms with Crippen LogP contribution >= 0.6 is 0 Å². The fraction of sp³-hybridized carbons (Fsp3) is 0.261. The Morgan fingerprint density at radius 1 is 0.966 bits per heavy atom. The number of allylic oxidation sites excluding steroid dienone is 2. The molecule has 4 rings (SSSR count). The summed E-state index contributed by atoms with van der Waals surface area (Å²) in [5.74, 6) is -0.531. The molecule has 1 fully saturated rings. The van der Waals surface area contributed by atoms with E-state index in [1.807, 2.05) is 48.6 Å². The highest BCUT2D eigenvalue weighted by Crippen LogP contribution is 2.36. The first-order valence-corrected chi connectivity index (χ1v) is 9.71. The van der Waals surface area contributed by atoms with Gasteiger partial charge < -0.3 is 10.1 Å². The Morgan fingerprint density at radius 3 is 2.21 bits per heavy atom. The van der Waals surface area contributed by atoms with Gasteiger partial charge in [0.15, 0.2) is 5.75 Å². The van der Waals surface area contributed by atoms with Gasteiger partial charge in [-0.2, -0.15) is 0 Å². The molecule has 3 amide bonds. The Kier molecular flexibility index (Phi) is 5.16. The molecule has 0 spiro atoms. The molecule has 0 saturated carbocycles. The molecule has 148 valence electrons. The fourth-order valence-electron chi connectivity index (χ4n) is 3.84. The summed E-state index contributed by atoms with van der Waals surface area (Å²) in [6.45, 7) is 1.58. The van der Waals surface area contributed by atoms with Gasteiger partial charge in [0.05, 0.1) is 17.5 Å². The van der Waals surface area contributed by atoms with Gasteiger partial charge in [-0.1, -0.05) is 42.5 Å². The maximum absolute atomic E-state index is 12.9. The molecule has 2 aromatic carbocycles. The van der Waals surface area contributed by atoms with Gasteiger partial charge in [-0.3, -0.25) is 19.3 Å². The van der Waals surface area contributed by atoms with Crippen molar-refractivity contribution >= 4 is 23.4 Å². The van der Waals surface area contributed by atoms with Gasteiger partial charge >= 0.3 is 0 Å². The normalized spacial score (nSPS) is 21.6. The summed E-state index contributed by atoms with van der Waals surface area (Å²) in [6, 6.07) is 15.4. The largest absolute Gasteiger partial charge is 0.455 e. The van der Waals surface area contributed by atoms with Crippen LogP contribution in [-0.4, -0.2) is 28.7 Å². The maximum Gasteiger partial charge on any atom is 0.247 e. The Hall–Kier alpha value is -3.41. The van der Waals surface area contributed by atoms with Gasteiger partial charge in [-0.15, -0.1) is 0 Å². The van der Waals surface area contributed by atoms with Crippen molar-refractivity contribution in [3.8, 4) is 11.5 Å². The number of anilines is 1. The number of rotatable bonds is 5. The average Bonchev–Trinajstić information content (AvgIpc) is 3.00. The second-order valence-electron chi connectivity index (χ2n) is 7.28. The van der Waals surface area contributed by atoms with Gasteiger partial charge in [-0.25, -0.2) is 0 Å². The topological polar surface area (TPSA) is 75.7 Å². The number of likely N-dealkylation sites (tertiary alicyclic amines) is 1. The summed E-state index contributed by atoms with van der Waals surface area (Å²) < 4.78 is 5.86. The van der Waals surface area contributed by atoms with Crippen LogP contribution in [0.15, 0.2) is 66.7 Å². The van der Waals surface area contributed by atoms with Crippen LogP contribution in [0.5, 0.6) is 11.5 Å². The predicted molar refractivity (Wildman–Crippen MR) is 108 cm³/mol. The second-order valence-corrected chi connectivity index (χ2v) is 7.28. The fourth-order valence-corrected chi connectivity index (χ4v) is 3.84. The standard InChI is InChI=1S/C23H22N2O4/c1-15(25-22(27)17-11-5-6-12-18(17)23(25)28)21(26)24-19-13-7-8-14-20(19)29-16-9-3-2-4-10-16/h2-10,13-15,17-18H,11-12H2,1H3,(H,24,26)/t15-,17-,18-/m0/s1. The van der Waals surface area contributed by atoms with Crippen LogP contribution in [0.3, 0.4) is 0 Å². The van der Waals surface area contributed by atoms with Gasteiger partial charge in [0.2, 0.25) is 17.7 Å². The third-order valence-corrected chi connectivity index (χ3v) is 5.42. The maximum atomic E-state index is 12.9. The molecule has 0 radical (unpaired) electrons. The monoisotopic (exact) mass is 390 g/mol. The van der Waals surface area contributed by atoms with E-state index in [1.165, 1.54) is 0 Å². The highest BCUT2D eigenvalue weighted by atomic mass is 16.5. The molecular formula is C23H22N2O4. The molecule has 1 N–H and O–H groups in total. The van der Waals surface area contributed by atoms with Crippen molar-refractivity contribution in [2.24, 2.45) is 11.8 Å². The number of carbonyl (C=O) groups excluding carboxylic acids is 3. The number of benzene rings is 2. The first kappa shape index (κ1) is 18.9. The molecule has 1 heterocycles. The number of para-hydroxylation sites is 3. The predicted octanol–water partition coefficient (Wildman–Crippen LogP) is 3.76. The number of nitrogens with one attached hydrogen (secondary N) is 1. The van der Waals surface area contributed by atoms with Crippen LogP contribution < -0.4 is 10.1 Å². The van der Waals surface area contributed by atoms with Gasteiger partial charge in [-0.05, 0) is 44.0 Å². The minimum Gasteiger partial charge on any atom is -0.455 e. The SMILES string of the molecule is C[C@@H](C(=O)Nc1ccccc1Oc1ccccc1)N1C(=O)[C@H]2CC=CC[C@@H]2C1=O. The molecule has 3 atom stereocenters. The zero-order valence-corrected chi connectivity index (χ0v) is 16.1.